The lowest BCUT2D eigenvalue weighted by Gasteiger charge is -2.24. The Balaban J connectivity index is 1.61. The van der Waals surface area contributed by atoms with Crippen LogP contribution in [-0.2, 0) is 17.8 Å². The van der Waals surface area contributed by atoms with Crippen LogP contribution < -0.4 is 5.32 Å². The molecule has 4 aromatic rings. The van der Waals surface area contributed by atoms with E-state index in [4.69, 9.17) is 0 Å². The SMILES string of the molecule is Cc1ccccc1CNC(=O)c1ccccc1-c1ccccc1C(=O)N(CCC(=O)O)CCc1ccccn1. The second-order valence-electron chi connectivity index (χ2n) is 9.21. The van der Waals surface area contributed by atoms with E-state index in [0.29, 0.717) is 41.8 Å². The van der Waals surface area contributed by atoms with Crippen molar-refractivity contribution in [3.63, 3.8) is 0 Å². The summed E-state index contributed by atoms with van der Waals surface area (Å²) in [6, 6.07) is 27.8. The number of carboxylic acids is 1. The molecule has 0 aliphatic rings. The highest BCUT2D eigenvalue weighted by molar-refractivity contribution is 6.06. The zero-order chi connectivity index (χ0) is 27.6. The minimum atomic E-state index is -0.977. The normalized spacial score (nSPS) is 10.6. The highest BCUT2D eigenvalue weighted by Crippen LogP contribution is 2.28. The van der Waals surface area contributed by atoms with Crippen LogP contribution in [0.5, 0.6) is 0 Å². The van der Waals surface area contributed by atoms with Crippen molar-refractivity contribution in [3.05, 3.63) is 125 Å². The zero-order valence-corrected chi connectivity index (χ0v) is 21.8. The van der Waals surface area contributed by atoms with Crippen molar-refractivity contribution in [2.24, 2.45) is 0 Å². The maximum Gasteiger partial charge on any atom is 0.305 e. The van der Waals surface area contributed by atoms with Crippen LogP contribution in [0, 0.1) is 6.92 Å². The number of carboxylic acid groups (broad SMARTS) is 1. The number of nitrogens with zero attached hydrogens (tertiary/aromatic N) is 2. The molecule has 3 aromatic carbocycles. The lowest BCUT2D eigenvalue weighted by Crippen LogP contribution is -2.35. The van der Waals surface area contributed by atoms with Gasteiger partial charge in [0.25, 0.3) is 11.8 Å². The Kier molecular flexibility index (Phi) is 9.19. The average molecular weight is 522 g/mol. The van der Waals surface area contributed by atoms with E-state index in [9.17, 15) is 19.5 Å². The number of pyridine rings is 1. The van der Waals surface area contributed by atoms with Gasteiger partial charge in [-0.1, -0.05) is 66.7 Å². The van der Waals surface area contributed by atoms with Crippen molar-refractivity contribution in [2.75, 3.05) is 13.1 Å². The van der Waals surface area contributed by atoms with Crippen LogP contribution in [0.1, 0.15) is 44.0 Å². The number of rotatable bonds is 11. The van der Waals surface area contributed by atoms with Crippen LogP contribution in [0.4, 0.5) is 0 Å². The number of carbonyl (C=O) groups is 3. The fraction of sp³-hybridized carbons (Fsp3) is 0.188. The van der Waals surface area contributed by atoms with Crippen molar-refractivity contribution in [3.8, 4) is 11.1 Å². The molecule has 0 aliphatic carbocycles. The first-order chi connectivity index (χ1) is 18.9. The topological polar surface area (TPSA) is 99.6 Å². The Morgan fingerprint density at radius 2 is 1.44 bits per heavy atom. The molecule has 1 aromatic heterocycles. The molecule has 39 heavy (non-hydrogen) atoms. The molecular weight excluding hydrogens is 490 g/mol. The van der Waals surface area contributed by atoms with E-state index in [1.165, 1.54) is 0 Å². The number of benzene rings is 3. The molecule has 2 N–H and O–H groups in total. The van der Waals surface area contributed by atoms with Crippen LogP contribution in [0.25, 0.3) is 11.1 Å². The van der Waals surface area contributed by atoms with Gasteiger partial charge < -0.3 is 15.3 Å². The largest absolute Gasteiger partial charge is 0.481 e. The van der Waals surface area contributed by atoms with Crippen LogP contribution in [0.15, 0.2) is 97.2 Å². The molecule has 7 heteroatoms. The summed E-state index contributed by atoms with van der Waals surface area (Å²) in [5.41, 5.74) is 5.04. The third-order valence-electron chi connectivity index (χ3n) is 6.57. The number of nitrogens with one attached hydrogen (secondary N) is 1. The number of hydrogen-bond acceptors (Lipinski definition) is 4. The third-order valence-corrected chi connectivity index (χ3v) is 6.57. The quantitative estimate of drug-likeness (QED) is 0.285. The molecule has 0 aliphatic heterocycles. The van der Waals surface area contributed by atoms with E-state index in [0.717, 1.165) is 16.8 Å². The second-order valence-corrected chi connectivity index (χ2v) is 9.21. The molecule has 0 bridgehead atoms. The van der Waals surface area contributed by atoms with Crippen molar-refractivity contribution in [1.29, 1.82) is 0 Å². The number of aliphatic carboxylic acids is 1. The van der Waals surface area contributed by atoms with Crippen LogP contribution in [0.3, 0.4) is 0 Å². The van der Waals surface area contributed by atoms with Crippen molar-refractivity contribution in [2.45, 2.75) is 26.3 Å². The summed E-state index contributed by atoms with van der Waals surface area (Å²) in [5.74, 6) is -1.51. The highest BCUT2D eigenvalue weighted by atomic mass is 16.4. The molecule has 0 atom stereocenters. The lowest BCUT2D eigenvalue weighted by atomic mass is 9.94. The van der Waals surface area contributed by atoms with E-state index >= 15 is 0 Å². The lowest BCUT2D eigenvalue weighted by molar-refractivity contribution is -0.137. The van der Waals surface area contributed by atoms with E-state index in [2.05, 4.69) is 10.3 Å². The fourth-order valence-corrected chi connectivity index (χ4v) is 4.41. The highest BCUT2D eigenvalue weighted by Gasteiger charge is 2.22. The van der Waals surface area contributed by atoms with Gasteiger partial charge in [-0.05, 0) is 53.4 Å². The van der Waals surface area contributed by atoms with Crippen molar-refractivity contribution >= 4 is 17.8 Å². The Morgan fingerprint density at radius 3 is 2.13 bits per heavy atom. The van der Waals surface area contributed by atoms with Crippen LogP contribution >= 0.6 is 0 Å². The number of aromatic nitrogens is 1. The van der Waals surface area contributed by atoms with Gasteiger partial charge in [0.05, 0.1) is 6.42 Å². The Hall–Kier alpha value is -4.78. The summed E-state index contributed by atoms with van der Waals surface area (Å²) in [4.78, 5) is 44.3. The minimum Gasteiger partial charge on any atom is -0.481 e. The van der Waals surface area contributed by atoms with Crippen LogP contribution in [0.2, 0.25) is 0 Å². The molecular formula is C32H31N3O4. The van der Waals surface area contributed by atoms with Crippen molar-refractivity contribution < 1.29 is 19.5 Å². The summed E-state index contributed by atoms with van der Waals surface area (Å²) in [7, 11) is 0. The minimum absolute atomic E-state index is 0.0634. The molecule has 0 unspecified atom stereocenters. The first-order valence-corrected chi connectivity index (χ1v) is 12.9. The van der Waals surface area contributed by atoms with Gasteiger partial charge in [-0.3, -0.25) is 19.4 Å². The van der Waals surface area contributed by atoms with Gasteiger partial charge in [0.2, 0.25) is 0 Å². The van der Waals surface area contributed by atoms with Gasteiger partial charge >= 0.3 is 5.97 Å². The van der Waals surface area contributed by atoms with Crippen LogP contribution in [-0.4, -0.2) is 45.9 Å². The van der Waals surface area contributed by atoms with Crippen molar-refractivity contribution in [1.82, 2.24) is 15.2 Å². The molecule has 198 valence electrons. The number of hydrogen-bond donors (Lipinski definition) is 2. The first-order valence-electron chi connectivity index (χ1n) is 12.9. The van der Waals surface area contributed by atoms with E-state index in [1.807, 2.05) is 73.7 Å². The number of aryl methyl sites for hydroxylation is 1. The summed E-state index contributed by atoms with van der Waals surface area (Å²) in [5, 5.41) is 12.3. The van der Waals surface area contributed by atoms with E-state index in [1.54, 1.807) is 35.4 Å². The predicted octanol–water partition coefficient (Wildman–Crippen LogP) is 5.15. The van der Waals surface area contributed by atoms with Gasteiger partial charge in [-0.25, -0.2) is 0 Å². The first kappa shape index (κ1) is 27.3. The number of carbonyl (C=O) groups excluding carboxylic acids is 2. The monoisotopic (exact) mass is 521 g/mol. The summed E-state index contributed by atoms with van der Waals surface area (Å²) < 4.78 is 0. The van der Waals surface area contributed by atoms with Gasteiger partial charge in [-0.2, -0.15) is 0 Å². The smallest absolute Gasteiger partial charge is 0.305 e. The predicted molar refractivity (Wildman–Crippen MR) is 150 cm³/mol. The molecule has 4 rings (SSSR count). The van der Waals surface area contributed by atoms with Gasteiger partial charge in [0.15, 0.2) is 0 Å². The van der Waals surface area contributed by atoms with E-state index < -0.39 is 5.97 Å². The average Bonchev–Trinajstić information content (AvgIpc) is 2.96. The standard InChI is InChI=1S/C32H31N3O4/c1-23-10-2-3-11-24(23)22-34-31(38)28-15-6-4-13-26(28)27-14-5-7-16-29(27)32(39)35(21-18-30(36)37)20-17-25-12-8-9-19-33-25/h2-16,19H,17-18,20-22H2,1H3,(H,34,38)(H,36,37). The Bertz CT molecular complexity index is 1450. The Labute approximate surface area is 228 Å². The number of amides is 2. The molecule has 2 amide bonds. The Morgan fingerprint density at radius 1 is 0.795 bits per heavy atom. The summed E-state index contributed by atoms with van der Waals surface area (Å²) in [6.45, 7) is 2.77. The summed E-state index contributed by atoms with van der Waals surface area (Å²) in [6.07, 6.45) is 2.01. The van der Waals surface area contributed by atoms with Gasteiger partial charge in [-0.15, -0.1) is 0 Å². The molecule has 0 fully saturated rings. The fourth-order valence-electron chi connectivity index (χ4n) is 4.41. The molecule has 0 spiro atoms. The molecule has 0 saturated carbocycles. The molecule has 1 heterocycles. The maximum atomic E-state index is 13.8. The maximum absolute atomic E-state index is 13.8. The zero-order valence-electron chi connectivity index (χ0n) is 21.8. The van der Waals surface area contributed by atoms with Gasteiger partial charge in [0.1, 0.15) is 0 Å². The summed E-state index contributed by atoms with van der Waals surface area (Å²) >= 11 is 0. The third kappa shape index (κ3) is 7.17. The molecule has 0 radical (unpaired) electrons. The van der Waals surface area contributed by atoms with E-state index in [-0.39, 0.29) is 24.8 Å². The molecule has 7 nitrogen and oxygen atoms in total. The second kappa shape index (κ2) is 13.1. The van der Waals surface area contributed by atoms with Gasteiger partial charge in [0, 0.05) is 49.1 Å². The molecule has 0 saturated heterocycles.